The number of nitrogens with one attached hydrogen (secondary N) is 1. The van der Waals surface area contributed by atoms with Crippen LogP contribution >= 0.6 is 12.4 Å². The minimum absolute atomic E-state index is 0. The first-order chi connectivity index (χ1) is 7.78. The minimum Gasteiger partial charge on any atom is -0.313 e. The van der Waals surface area contributed by atoms with Crippen LogP contribution < -0.4 is 5.32 Å². The third-order valence-electron chi connectivity index (χ3n) is 6.95. The van der Waals surface area contributed by atoms with Gasteiger partial charge in [0.15, 0.2) is 0 Å². The van der Waals surface area contributed by atoms with Crippen molar-refractivity contribution in [2.45, 2.75) is 45.1 Å². The first-order valence-electron chi connectivity index (χ1n) is 7.51. The van der Waals surface area contributed by atoms with Crippen LogP contribution in [0.15, 0.2) is 0 Å². The van der Waals surface area contributed by atoms with Gasteiger partial charge in [-0.15, -0.1) is 12.4 Å². The molecule has 6 atom stereocenters. The Morgan fingerprint density at radius 3 is 2.29 bits per heavy atom. The molecular weight excluding hydrogens is 230 g/mol. The maximum Gasteiger partial charge on any atom is 0.0102 e. The van der Waals surface area contributed by atoms with E-state index in [1.54, 1.807) is 19.3 Å². The number of rotatable bonds is 4. The van der Waals surface area contributed by atoms with Crippen LogP contribution in [-0.2, 0) is 0 Å². The van der Waals surface area contributed by atoms with Crippen molar-refractivity contribution in [1.82, 2.24) is 5.32 Å². The topological polar surface area (TPSA) is 12.0 Å². The Morgan fingerprint density at radius 1 is 1.06 bits per heavy atom. The zero-order valence-corrected chi connectivity index (χ0v) is 11.5. The monoisotopic (exact) mass is 253 g/mol. The SMILES string of the molecule is C[C@@H]1C[C@H]1[C@@H]1C[C@H]1NCC12CC3CC1C2C3.Cl. The van der Waals surface area contributed by atoms with Crippen LogP contribution in [0.25, 0.3) is 0 Å². The van der Waals surface area contributed by atoms with Crippen molar-refractivity contribution in [3.05, 3.63) is 0 Å². The minimum atomic E-state index is 0. The summed E-state index contributed by atoms with van der Waals surface area (Å²) < 4.78 is 0. The molecule has 2 unspecified atom stereocenters. The van der Waals surface area contributed by atoms with E-state index >= 15 is 0 Å². The van der Waals surface area contributed by atoms with Gasteiger partial charge in [0.05, 0.1) is 0 Å². The molecule has 0 amide bonds. The van der Waals surface area contributed by atoms with Gasteiger partial charge in [-0.05, 0) is 73.0 Å². The summed E-state index contributed by atoms with van der Waals surface area (Å²) in [5.41, 5.74) is 0.840. The van der Waals surface area contributed by atoms with E-state index in [4.69, 9.17) is 0 Å². The first kappa shape index (κ1) is 11.1. The standard InChI is InChI=1S/C15H23N.ClH/c1-8-2-10(8)11-5-14(11)16-7-15-6-9-3-12(15)13(15)4-9;/h8-14,16H,2-7H2,1H3;1H/t8-,9?,10-,11+,12?,13?,14-,15?;/m1./s1. The van der Waals surface area contributed by atoms with Gasteiger partial charge in [0.1, 0.15) is 0 Å². The Kier molecular flexibility index (Phi) is 2.11. The van der Waals surface area contributed by atoms with Crippen molar-refractivity contribution >= 4 is 12.4 Å². The molecule has 0 saturated heterocycles. The molecule has 6 rings (SSSR count). The second-order valence-electron chi connectivity index (χ2n) is 7.75. The van der Waals surface area contributed by atoms with Gasteiger partial charge < -0.3 is 5.32 Å². The van der Waals surface area contributed by atoms with Gasteiger partial charge in [-0.2, -0.15) is 0 Å². The van der Waals surface area contributed by atoms with Crippen molar-refractivity contribution in [2.24, 2.45) is 40.9 Å². The Morgan fingerprint density at radius 2 is 1.76 bits per heavy atom. The highest BCUT2D eigenvalue weighted by molar-refractivity contribution is 5.85. The predicted molar refractivity (Wildman–Crippen MR) is 71.2 cm³/mol. The van der Waals surface area contributed by atoms with E-state index in [0.29, 0.717) is 0 Å². The van der Waals surface area contributed by atoms with E-state index in [1.807, 2.05) is 0 Å². The van der Waals surface area contributed by atoms with Crippen molar-refractivity contribution < 1.29 is 0 Å². The van der Waals surface area contributed by atoms with Gasteiger partial charge in [0.25, 0.3) is 0 Å². The molecular formula is C15H24ClN. The van der Waals surface area contributed by atoms with Gasteiger partial charge in [0, 0.05) is 12.6 Å². The summed E-state index contributed by atoms with van der Waals surface area (Å²) in [7, 11) is 0. The van der Waals surface area contributed by atoms with Crippen LogP contribution in [0.5, 0.6) is 0 Å². The molecule has 1 N–H and O–H groups in total. The van der Waals surface area contributed by atoms with Gasteiger partial charge in [-0.3, -0.25) is 0 Å². The van der Waals surface area contributed by atoms with E-state index in [0.717, 1.165) is 35.1 Å². The van der Waals surface area contributed by atoms with E-state index in [2.05, 4.69) is 12.2 Å². The quantitative estimate of drug-likeness (QED) is 0.812. The first-order valence-corrected chi connectivity index (χ1v) is 7.51. The van der Waals surface area contributed by atoms with Crippen LogP contribution in [0.4, 0.5) is 0 Å². The van der Waals surface area contributed by atoms with Crippen LogP contribution in [0.1, 0.15) is 39.0 Å². The molecule has 96 valence electrons. The van der Waals surface area contributed by atoms with Crippen molar-refractivity contribution in [2.75, 3.05) is 6.54 Å². The summed E-state index contributed by atoms with van der Waals surface area (Å²) in [6.45, 7) is 3.82. The van der Waals surface area contributed by atoms with Gasteiger partial charge >= 0.3 is 0 Å². The Balaban J connectivity index is 0.000000800. The number of hydrogen-bond donors (Lipinski definition) is 1. The molecule has 2 heteroatoms. The highest BCUT2D eigenvalue weighted by atomic mass is 35.5. The lowest BCUT2D eigenvalue weighted by Gasteiger charge is -2.12. The van der Waals surface area contributed by atoms with E-state index in [9.17, 15) is 0 Å². The highest BCUT2D eigenvalue weighted by Crippen LogP contribution is 2.78. The van der Waals surface area contributed by atoms with Crippen LogP contribution in [0.3, 0.4) is 0 Å². The maximum absolute atomic E-state index is 3.93. The Hall–Kier alpha value is 0.250. The smallest absolute Gasteiger partial charge is 0.0102 e. The van der Waals surface area contributed by atoms with Crippen LogP contribution in [-0.4, -0.2) is 12.6 Å². The van der Waals surface area contributed by atoms with Gasteiger partial charge in [-0.1, -0.05) is 6.92 Å². The summed E-state index contributed by atoms with van der Waals surface area (Å²) in [5.74, 6) is 6.74. The van der Waals surface area contributed by atoms with Crippen LogP contribution in [0.2, 0.25) is 0 Å². The second-order valence-corrected chi connectivity index (χ2v) is 7.75. The molecule has 6 aliphatic rings. The third-order valence-corrected chi connectivity index (χ3v) is 6.95. The molecule has 0 radical (unpaired) electrons. The molecule has 0 aliphatic heterocycles. The highest BCUT2D eigenvalue weighted by Gasteiger charge is 2.73. The molecule has 6 fully saturated rings. The molecule has 6 aliphatic carbocycles. The normalized spacial score (nSPS) is 64.4. The maximum atomic E-state index is 3.93. The Labute approximate surface area is 111 Å². The van der Waals surface area contributed by atoms with E-state index in [-0.39, 0.29) is 12.4 Å². The van der Waals surface area contributed by atoms with Gasteiger partial charge in [0.2, 0.25) is 0 Å². The van der Waals surface area contributed by atoms with Gasteiger partial charge in [-0.25, -0.2) is 0 Å². The third kappa shape index (κ3) is 1.36. The van der Waals surface area contributed by atoms with E-state index < -0.39 is 0 Å². The fourth-order valence-corrected chi connectivity index (χ4v) is 5.82. The van der Waals surface area contributed by atoms with E-state index in [1.165, 1.54) is 31.2 Å². The molecule has 1 nitrogen and oxygen atoms in total. The molecule has 4 bridgehead atoms. The average Bonchev–Trinajstić information content (AvgIpc) is 3.17. The molecule has 0 aromatic heterocycles. The molecule has 0 aromatic rings. The molecule has 6 saturated carbocycles. The van der Waals surface area contributed by atoms with Crippen molar-refractivity contribution in [3.8, 4) is 0 Å². The molecule has 17 heavy (non-hydrogen) atoms. The summed E-state index contributed by atoms with van der Waals surface area (Å²) in [6, 6.07) is 0.934. The lowest BCUT2D eigenvalue weighted by atomic mass is 10.0. The largest absolute Gasteiger partial charge is 0.313 e. The Bertz CT molecular complexity index is 343. The summed E-state index contributed by atoms with van der Waals surface area (Å²) >= 11 is 0. The average molecular weight is 254 g/mol. The zero-order chi connectivity index (χ0) is 10.5. The molecule has 0 heterocycles. The lowest BCUT2D eigenvalue weighted by Crippen LogP contribution is -2.27. The predicted octanol–water partition coefficient (Wildman–Crippen LogP) is 3.09. The van der Waals surface area contributed by atoms with Crippen molar-refractivity contribution in [1.29, 1.82) is 0 Å². The fraction of sp³-hybridized carbons (Fsp3) is 1.00. The molecule has 0 aromatic carbocycles. The zero-order valence-electron chi connectivity index (χ0n) is 10.7. The fourth-order valence-electron chi connectivity index (χ4n) is 5.82. The molecule has 0 spiro atoms. The number of halogens is 1. The summed E-state index contributed by atoms with van der Waals surface area (Å²) in [6.07, 6.45) is 7.82. The summed E-state index contributed by atoms with van der Waals surface area (Å²) in [4.78, 5) is 0. The lowest BCUT2D eigenvalue weighted by molar-refractivity contribution is 0.422. The number of hydrogen-bond acceptors (Lipinski definition) is 1. The second kappa shape index (κ2) is 3.22. The van der Waals surface area contributed by atoms with Crippen LogP contribution in [0, 0.1) is 40.9 Å². The van der Waals surface area contributed by atoms with Crippen molar-refractivity contribution in [3.63, 3.8) is 0 Å². The summed E-state index contributed by atoms with van der Waals surface area (Å²) in [5, 5.41) is 3.93.